The Bertz CT molecular complexity index is 1330. The summed E-state index contributed by atoms with van der Waals surface area (Å²) in [6.07, 6.45) is 0. The Labute approximate surface area is 184 Å². The van der Waals surface area contributed by atoms with Crippen molar-refractivity contribution in [3.05, 3.63) is 46.0 Å². The molecule has 158 valence electrons. The standard InChI is InChI=1S/C18H18N4O4S4/c1-3-21-13-7-5-11(29(23)24)9-15(13)27-17(21)19-20-18-22(4-2)14-8-6-12(30(25)26)10-16(14)28-18/h5-10H,3-4H2,1-2H3,(H,23,24)(H,25,26)/b19-17+,20-18+. The lowest BCUT2D eigenvalue weighted by atomic mass is 10.3. The lowest BCUT2D eigenvalue weighted by molar-refractivity contribution is 0.563. The lowest BCUT2D eigenvalue weighted by Crippen LogP contribution is -2.16. The number of aryl methyl sites for hydroxylation is 2. The molecule has 0 spiro atoms. The molecule has 0 aliphatic carbocycles. The summed E-state index contributed by atoms with van der Waals surface area (Å²) < 4.78 is 47.2. The number of aromatic nitrogens is 2. The monoisotopic (exact) mass is 482 g/mol. The van der Waals surface area contributed by atoms with Crippen LogP contribution in [0.25, 0.3) is 20.4 Å². The molecule has 0 radical (unpaired) electrons. The lowest BCUT2D eigenvalue weighted by Gasteiger charge is -2.01. The summed E-state index contributed by atoms with van der Waals surface area (Å²) in [5.74, 6) is 0. The van der Waals surface area contributed by atoms with Crippen molar-refractivity contribution in [3.8, 4) is 0 Å². The normalized spacial score (nSPS) is 15.3. The molecule has 2 N–H and O–H groups in total. The topological polar surface area (TPSA) is 109 Å². The minimum Gasteiger partial charge on any atom is -0.315 e. The van der Waals surface area contributed by atoms with Crippen LogP contribution in [-0.4, -0.2) is 26.7 Å². The predicted molar refractivity (Wildman–Crippen MR) is 120 cm³/mol. The van der Waals surface area contributed by atoms with Gasteiger partial charge in [-0.05, 0) is 50.2 Å². The fourth-order valence-corrected chi connectivity index (χ4v) is 6.30. The first kappa shape index (κ1) is 21.3. The van der Waals surface area contributed by atoms with Crippen LogP contribution in [0.1, 0.15) is 13.8 Å². The van der Waals surface area contributed by atoms with Gasteiger partial charge in [0.1, 0.15) is 0 Å². The highest BCUT2D eigenvalue weighted by Gasteiger charge is 2.10. The van der Waals surface area contributed by atoms with Crippen LogP contribution in [0.5, 0.6) is 0 Å². The number of hydrogen-bond donors (Lipinski definition) is 2. The SMILES string of the molecule is CCn1/c(=N\N=c2\sc3cc(S(=O)O)ccc3n2CC)sc2cc(S(=O)O)ccc21. The molecule has 30 heavy (non-hydrogen) atoms. The zero-order valence-corrected chi connectivity index (χ0v) is 19.3. The first-order valence-electron chi connectivity index (χ1n) is 8.99. The quantitative estimate of drug-likeness (QED) is 0.336. The molecular formula is C18H18N4O4S4. The Hall–Kier alpha value is -1.96. The molecule has 0 fully saturated rings. The fourth-order valence-electron chi connectivity index (χ4n) is 3.17. The van der Waals surface area contributed by atoms with Crippen molar-refractivity contribution in [1.29, 1.82) is 0 Å². The summed E-state index contributed by atoms with van der Waals surface area (Å²) in [6.45, 7) is 5.38. The Morgan fingerprint density at radius 1 is 0.800 bits per heavy atom. The predicted octanol–water partition coefficient (Wildman–Crippen LogP) is 3.34. The van der Waals surface area contributed by atoms with Gasteiger partial charge < -0.3 is 18.2 Å². The van der Waals surface area contributed by atoms with Gasteiger partial charge in [0.2, 0.25) is 9.60 Å². The summed E-state index contributed by atoms with van der Waals surface area (Å²) in [7, 11) is 0. The van der Waals surface area contributed by atoms with E-state index in [1.165, 1.54) is 22.7 Å². The molecule has 12 heteroatoms. The van der Waals surface area contributed by atoms with Gasteiger partial charge in [0.05, 0.1) is 30.2 Å². The molecule has 0 saturated heterocycles. The molecule has 2 unspecified atom stereocenters. The van der Waals surface area contributed by atoms with E-state index in [-0.39, 0.29) is 0 Å². The fraction of sp³-hybridized carbons (Fsp3) is 0.222. The Morgan fingerprint density at radius 3 is 1.53 bits per heavy atom. The Kier molecular flexibility index (Phi) is 6.14. The van der Waals surface area contributed by atoms with Gasteiger partial charge in [-0.1, -0.05) is 22.7 Å². The van der Waals surface area contributed by atoms with Crippen LogP contribution in [-0.2, 0) is 35.3 Å². The van der Waals surface area contributed by atoms with Gasteiger partial charge in [-0.15, -0.1) is 10.2 Å². The maximum Gasteiger partial charge on any atom is 0.211 e. The van der Waals surface area contributed by atoms with Gasteiger partial charge in [0.15, 0.2) is 22.2 Å². The van der Waals surface area contributed by atoms with E-state index in [0.29, 0.717) is 32.5 Å². The summed E-state index contributed by atoms with van der Waals surface area (Å²) in [4.78, 5) is 2.07. The van der Waals surface area contributed by atoms with Gasteiger partial charge in [-0.3, -0.25) is 0 Å². The number of hydrogen-bond acceptors (Lipinski definition) is 6. The van der Waals surface area contributed by atoms with E-state index in [1.54, 1.807) is 24.3 Å². The van der Waals surface area contributed by atoms with Crippen molar-refractivity contribution in [2.75, 3.05) is 0 Å². The second-order valence-corrected chi connectivity index (χ2v) is 10.2. The first-order chi connectivity index (χ1) is 14.4. The zero-order chi connectivity index (χ0) is 21.4. The summed E-state index contributed by atoms with van der Waals surface area (Å²) >= 11 is -1.26. The van der Waals surface area contributed by atoms with E-state index in [0.717, 1.165) is 20.4 Å². The molecule has 0 amide bonds. The number of nitrogens with zero attached hydrogens (tertiary/aromatic N) is 4. The van der Waals surface area contributed by atoms with Crippen molar-refractivity contribution < 1.29 is 17.5 Å². The number of fused-ring (bicyclic) bond motifs is 2. The molecule has 0 aliphatic heterocycles. The summed E-state index contributed by atoms with van der Waals surface area (Å²) in [6, 6.07) is 10.3. The van der Waals surface area contributed by atoms with Crippen molar-refractivity contribution in [2.24, 2.45) is 10.2 Å². The van der Waals surface area contributed by atoms with Gasteiger partial charge in [-0.2, -0.15) is 0 Å². The van der Waals surface area contributed by atoms with Crippen LogP contribution in [0.2, 0.25) is 0 Å². The minimum atomic E-state index is -2.03. The molecular weight excluding hydrogens is 464 g/mol. The van der Waals surface area contributed by atoms with E-state index in [4.69, 9.17) is 0 Å². The highest BCUT2D eigenvalue weighted by molar-refractivity contribution is 7.79. The van der Waals surface area contributed by atoms with Crippen LogP contribution in [0.3, 0.4) is 0 Å². The molecule has 2 atom stereocenters. The molecule has 4 rings (SSSR count). The zero-order valence-electron chi connectivity index (χ0n) is 16.0. The van der Waals surface area contributed by atoms with Crippen LogP contribution in [0, 0.1) is 0 Å². The molecule has 0 saturated carbocycles. The molecule has 0 bridgehead atoms. The van der Waals surface area contributed by atoms with Gasteiger partial charge in [-0.25, -0.2) is 8.42 Å². The largest absolute Gasteiger partial charge is 0.315 e. The van der Waals surface area contributed by atoms with Crippen LogP contribution < -0.4 is 9.60 Å². The molecule has 2 aromatic carbocycles. The van der Waals surface area contributed by atoms with E-state index in [1.807, 2.05) is 35.1 Å². The highest BCUT2D eigenvalue weighted by atomic mass is 32.2. The van der Waals surface area contributed by atoms with Gasteiger partial charge in [0.25, 0.3) is 0 Å². The van der Waals surface area contributed by atoms with Crippen molar-refractivity contribution >= 4 is 65.3 Å². The Morgan fingerprint density at radius 2 is 1.20 bits per heavy atom. The minimum absolute atomic E-state index is 0.348. The second-order valence-electron chi connectivity index (χ2n) is 6.22. The number of rotatable bonds is 5. The summed E-state index contributed by atoms with van der Waals surface area (Å²) in [5, 5.41) is 8.94. The first-order valence-corrected chi connectivity index (χ1v) is 12.8. The third kappa shape index (κ3) is 3.86. The Balaban J connectivity index is 1.91. The maximum atomic E-state index is 11.4. The number of benzene rings is 2. The number of thiazole rings is 2. The van der Waals surface area contributed by atoms with Crippen molar-refractivity contribution in [1.82, 2.24) is 9.13 Å². The van der Waals surface area contributed by atoms with E-state index in [9.17, 15) is 17.5 Å². The smallest absolute Gasteiger partial charge is 0.211 e. The van der Waals surface area contributed by atoms with Crippen molar-refractivity contribution in [3.63, 3.8) is 0 Å². The third-order valence-corrected chi connectivity index (χ3v) is 7.94. The molecule has 2 heterocycles. The van der Waals surface area contributed by atoms with Crippen LogP contribution >= 0.6 is 22.7 Å². The van der Waals surface area contributed by atoms with Gasteiger partial charge >= 0.3 is 0 Å². The van der Waals surface area contributed by atoms with Crippen LogP contribution in [0.15, 0.2) is 56.4 Å². The van der Waals surface area contributed by atoms with Crippen LogP contribution in [0.4, 0.5) is 0 Å². The van der Waals surface area contributed by atoms with E-state index >= 15 is 0 Å². The van der Waals surface area contributed by atoms with Crippen molar-refractivity contribution in [2.45, 2.75) is 36.7 Å². The maximum absolute atomic E-state index is 11.4. The average Bonchev–Trinajstić information content (AvgIpc) is 3.27. The molecule has 2 aromatic heterocycles. The average molecular weight is 483 g/mol. The third-order valence-electron chi connectivity index (χ3n) is 4.57. The molecule has 4 aromatic rings. The van der Waals surface area contributed by atoms with E-state index < -0.39 is 22.2 Å². The highest BCUT2D eigenvalue weighted by Crippen LogP contribution is 2.22. The molecule has 0 aliphatic rings. The summed E-state index contributed by atoms with van der Waals surface area (Å²) in [5.41, 5.74) is 1.86. The molecule has 8 nitrogen and oxygen atoms in total. The van der Waals surface area contributed by atoms with Gasteiger partial charge in [0, 0.05) is 13.1 Å². The second kappa shape index (κ2) is 8.65. The van der Waals surface area contributed by atoms with E-state index in [2.05, 4.69) is 10.2 Å².